The van der Waals surface area contributed by atoms with Crippen LogP contribution in [0, 0.1) is 6.92 Å². The molecule has 0 atom stereocenters. The molecule has 1 aromatic heterocycles. The predicted molar refractivity (Wildman–Crippen MR) is 109 cm³/mol. The number of hydrogen-bond donors (Lipinski definition) is 1. The molecule has 0 spiro atoms. The Hall–Kier alpha value is -3.12. The molecule has 0 bridgehead atoms. The summed E-state index contributed by atoms with van der Waals surface area (Å²) in [4.78, 5) is 12.5. The number of thioether (sulfide) groups is 1. The van der Waals surface area contributed by atoms with Gasteiger partial charge in [-0.15, -0.1) is 10.2 Å². The summed E-state index contributed by atoms with van der Waals surface area (Å²) < 4.78 is 1.95. The van der Waals surface area contributed by atoms with E-state index >= 15 is 0 Å². The molecule has 1 amide bonds. The van der Waals surface area contributed by atoms with Crippen LogP contribution in [0.25, 0.3) is 16.5 Å². The molecule has 6 heteroatoms. The maximum Gasteiger partial charge on any atom is 0.234 e. The Kier molecular flexibility index (Phi) is 4.89. The minimum Gasteiger partial charge on any atom is -0.325 e. The van der Waals surface area contributed by atoms with Gasteiger partial charge in [0.15, 0.2) is 5.16 Å². The summed E-state index contributed by atoms with van der Waals surface area (Å²) >= 11 is 1.37. The fourth-order valence-electron chi connectivity index (χ4n) is 2.96. The molecule has 4 aromatic rings. The summed E-state index contributed by atoms with van der Waals surface area (Å²) in [6.07, 6.45) is 0. The Bertz CT molecular complexity index is 1090. The molecule has 0 aliphatic carbocycles. The molecule has 0 fully saturated rings. The number of rotatable bonds is 5. The standard InChI is InChI=1S/C21H18N4OS/c1-15-23-24-21(25(15)17-10-3-2-4-11-17)27-14-20(26)22-19-13-7-9-16-8-5-6-12-18(16)19/h2-13H,14H2,1H3,(H,22,26). The van der Waals surface area contributed by atoms with Crippen molar-refractivity contribution in [2.45, 2.75) is 12.1 Å². The number of hydrogen-bond acceptors (Lipinski definition) is 4. The van der Waals surface area contributed by atoms with E-state index in [-0.39, 0.29) is 11.7 Å². The maximum absolute atomic E-state index is 12.5. The van der Waals surface area contributed by atoms with Crippen molar-refractivity contribution in [3.63, 3.8) is 0 Å². The number of benzene rings is 3. The highest BCUT2D eigenvalue weighted by Crippen LogP contribution is 2.25. The molecule has 0 radical (unpaired) electrons. The summed E-state index contributed by atoms with van der Waals surface area (Å²) in [5, 5.41) is 14.2. The van der Waals surface area contributed by atoms with Gasteiger partial charge >= 0.3 is 0 Å². The van der Waals surface area contributed by atoms with Crippen LogP contribution < -0.4 is 5.32 Å². The molecule has 0 aliphatic rings. The van der Waals surface area contributed by atoms with Gasteiger partial charge in [-0.25, -0.2) is 0 Å². The first-order valence-electron chi connectivity index (χ1n) is 8.60. The number of nitrogens with one attached hydrogen (secondary N) is 1. The van der Waals surface area contributed by atoms with Gasteiger partial charge in [-0.2, -0.15) is 0 Å². The van der Waals surface area contributed by atoms with Crippen molar-refractivity contribution in [2.24, 2.45) is 0 Å². The Labute approximate surface area is 161 Å². The molecule has 0 saturated carbocycles. The topological polar surface area (TPSA) is 59.8 Å². The van der Waals surface area contributed by atoms with Crippen molar-refractivity contribution < 1.29 is 4.79 Å². The first kappa shape index (κ1) is 17.3. The van der Waals surface area contributed by atoms with E-state index in [1.165, 1.54) is 11.8 Å². The van der Waals surface area contributed by atoms with Gasteiger partial charge in [0.2, 0.25) is 5.91 Å². The van der Waals surface area contributed by atoms with Gasteiger partial charge in [0.25, 0.3) is 0 Å². The van der Waals surface area contributed by atoms with E-state index < -0.39 is 0 Å². The zero-order chi connectivity index (χ0) is 18.6. The Morgan fingerprint density at radius 1 is 0.963 bits per heavy atom. The Morgan fingerprint density at radius 3 is 2.56 bits per heavy atom. The lowest BCUT2D eigenvalue weighted by Crippen LogP contribution is -2.14. The van der Waals surface area contributed by atoms with Gasteiger partial charge in [0.1, 0.15) is 5.82 Å². The highest BCUT2D eigenvalue weighted by atomic mass is 32.2. The van der Waals surface area contributed by atoms with Crippen molar-refractivity contribution in [1.29, 1.82) is 0 Å². The Balaban J connectivity index is 1.49. The number of aryl methyl sites for hydroxylation is 1. The van der Waals surface area contributed by atoms with Crippen LogP contribution in [0.15, 0.2) is 78.0 Å². The quantitative estimate of drug-likeness (QED) is 0.524. The monoisotopic (exact) mass is 374 g/mol. The second kappa shape index (κ2) is 7.63. The lowest BCUT2D eigenvalue weighted by Gasteiger charge is -2.10. The van der Waals surface area contributed by atoms with E-state index in [9.17, 15) is 4.79 Å². The number of para-hydroxylation sites is 1. The smallest absolute Gasteiger partial charge is 0.234 e. The van der Waals surface area contributed by atoms with Crippen LogP contribution in [0.2, 0.25) is 0 Å². The highest BCUT2D eigenvalue weighted by molar-refractivity contribution is 7.99. The average molecular weight is 374 g/mol. The second-order valence-corrected chi connectivity index (χ2v) is 7.01. The van der Waals surface area contributed by atoms with E-state index in [0.717, 1.165) is 28.0 Å². The summed E-state index contributed by atoms with van der Waals surface area (Å²) in [7, 11) is 0. The number of anilines is 1. The predicted octanol–water partition coefficient (Wildman–Crippen LogP) is 4.46. The fraction of sp³-hybridized carbons (Fsp3) is 0.0952. The Morgan fingerprint density at radius 2 is 1.70 bits per heavy atom. The first-order valence-corrected chi connectivity index (χ1v) is 9.59. The number of aromatic nitrogens is 3. The van der Waals surface area contributed by atoms with Crippen LogP contribution in [0.4, 0.5) is 5.69 Å². The number of amides is 1. The third kappa shape index (κ3) is 3.71. The van der Waals surface area contributed by atoms with Crippen LogP contribution >= 0.6 is 11.8 Å². The third-order valence-electron chi connectivity index (χ3n) is 4.21. The molecule has 27 heavy (non-hydrogen) atoms. The molecule has 0 aliphatic heterocycles. The van der Waals surface area contributed by atoms with Crippen molar-refractivity contribution in [3.05, 3.63) is 78.6 Å². The molecule has 3 aromatic carbocycles. The SMILES string of the molecule is Cc1nnc(SCC(=O)Nc2cccc3ccccc23)n1-c1ccccc1. The molecular formula is C21H18N4OS. The average Bonchev–Trinajstić information content (AvgIpc) is 3.08. The van der Waals surface area contributed by atoms with Crippen LogP contribution in [0.1, 0.15) is 5.82 Å². The minimum atomic E-state index is -0.0726. The van der Waals surface area contributed by atoms with Gasteiger partial charge in [0, 0.05) is 16.8 Å². The lowest BCUT2D eigenvalue weighted by atomic mass is 10.1. The fourth-order valence-corrected chi connectivity index (χ4v) is 3.76. The molecule has 134 valence electrons. The summed E-state index contributed by atoms with van der Waals surface area (Å²) in [6.45, 7) is 1.90. The van der Waals surface area contributed by atoms with Gasteiger partial charge in [0.05, 0.1) is 5.75 Å². The molecule has 0 saturated heterocycles. The van der Waals surface area contributed by atoms with E-state index in [2.05, 4.69) is 15.5 Å². The molecule has 5 nitrogen and oxygen atoms in total. The lowest BCUT2D eigenvalue weighted by molar-refractivity contribution is -0.113. The number of carbonyl (C=O) groups excluding carboxylic acids is 1. The van der Waals surface area contributed by atoms with E-state index in [1.54, 1.807) is 0 Å². The van der Waals surface area contributed by atoms with Crippen LogP contribution in [-0.4, -0.2) is 26.4 Å². The molecule has 0 unspecified atom stereocenters. The minimum absolute atomic E-state index is 0.0726. The second-order valence-electron chi connectivity index (χ2n) is 6.06. The zero-order valence-corrected chi connectivity index (χ0v) is 15.6. The van der Waals surface area contributed by atoms with Gasteiger partial charge in [-0.3, -0.25) is 9.36 Å². The summed E-state index contributed by atoms with van der Waals surface area (Å²) in [6, 6.07) is 23.8. The normalized spacial score (nSPS) is 10.9. The van der Waals surface area contributed by atoms with E-state index in [4.69, 9.17) is 0 Å². The van der Waals surface area contributed by atoms with Crippen LogP contribution in [0.5, 0.6) is 0 Å². The van der Waals surface area contributed by atoms with Crippen LogP contribution in [-0.2, 0) is 4.79 Å². The highest BCUT2D eigenvalue weighted by Gasteiger charge is 2.13. The maximum atomic E-state index is 12.5. The van der Waals surface area contributed by atoms with E-state index in [1.807, 2.05) is 84.3 Å². The summed E-state index contributed by atoms with van der Waals surface area (Å²) in [5.41, 5.74) is 1.80. The van der Waals surface area contributed by atoms with E-state index in [0.29, 0.717) is 5.16 Å². The molecular weight excluding hydrogens is 356 g/mol. The molecule has 1 heterocycles. The van der Waals surface area contributed by atoms with Gasteiger partial charge < -0.3 is 5.32 Å². The largest absolute Gasteiger partial charge is 0.325 e. The zero-order valence-electron chi connectivity index (χ0n) is 14.8. The van der Waals surface area contributed by atoms with Gasteiger partial charge in [-0.1, -0.05) is 66.4 Å². The number of fused-ring (bicyclic) bond motifs is 1. The van der Waals surface area contributed by atoms with Crippen LogP contribution in [0.3, 0.4) is 0 Å². The van der Waals surface area contributed by atoms with Crippen molar-refractivity contribution >= 4 is 34.1 Å². The first-order chi connectivity index (χ1) is 13.2. The summed E-state index contributed by atoms with van der Waals surface area (Å²) in [5.74, 6) is 0.976. The van der Waals surface area contributed by atoms with Crippen molar-refractivity contribution in [3.8, 4) is 5.69 Å². The van der Waals surface area contributed by atoms with Crippen molar-refractivity contribution in [2.75, 3.05) is 11.1 Å². The van der Waals surface area contributed by atoms with Crippen molar-refractivity contribution in [1.82, 2.24) is 14.8 Å². The van der Waals surface area contributed by atoms with Gasteiger partial charge in [-0.05, 0) is 30.5 Å². The third-order valence-corrected chi connectivity index (χ3v) is 5.13. The number of carbonyl (C=O) groups is 1. The number of nitrogens with zero attached hydrogens (tertiary/aromatic N) is 3. The molecule has 1 N–H and O–H groups in total. The molecule has 4 rings (SSSR count).